The van der Waals surface area contributed by atoms with Crippen molar-refractivity contribution in [3.8, 4) is 11.4 Å². The monoisotopic (exact) mass is 424 g/mol. The van der Waals surface area contributed by atoms with Crippen LogP contribution >= 0.6 is 0 Å². The predicted octanol–water partition coefficient (Wildman–Crippen LogP) is 3.51. The lowest BCUT2D eigenvalue weighted by Crippen LogP contribution is -2.19. The average molecular weight is 425 g/mol. The summed E-state index contributed by atoms with van der Waals surface area (Å²) in [5.74, 6) is -0.928. The van der Waals surface area contributed by atoms with Gasteiger partial charge in [-0.25, -0.2) is 0 Å². The van der Waals surface area contributed by atoms with Crippen LogP contribution < -0.4 is 5.32 Å². The first kappa shape index (κ1) is 22.5. The summed E-state index contributed by atoms with van der Waals surface area (Å²) in [6.07, 6.45) is 6.42. The van der Waals surface area contributed by atoms with Crippen molar-refractivity contribution in [3.05, 3.63) is 35.2 Å². The Morgan fingerprint density at radius 2 is 1.94 bits per heavy atom. The third kappa shape index (κ3) is 5.93. The van der Waals surface area contributed by atoms with Gasteiger partial charge in [-0.05, 0) is 69.2 Å². The third-order valence-corrected chi connectivity index (χ3v) is 5.73. The van der Waals surface area contributed by atoms with Gasteiger partial charge in [0.25, 0.3) is 0 Å². The highest BCUT2D eigenvalue weighted by Gasteiger charge is 2.24. The maximum absolute atomic E-state index is 12.1. The summed E-state index contributed by atoms with van der Waals surface area (Å²) in [6.45, 7) is 3.60. The van der Waals surface area contributed by atoms with Crippen molar-refractivity contribution in [1.29, 1.82) is 0 Å². The Hall–Kier alpha value is -3.16. The molecule has 1 unspecified atom stereocenters. The van der Waals surface area contributed by atoms with Crippen LogP contribution in [0.25, 0.3) is 11.4 Å². The number of fused-ring (bicyclic) bond motifs is 1. The molecular formula is C23H28N4O4. The van der Waals surface area contributed by atoms with E-state index in [0.29, 0.717) is 24.2 Å². The van der Waals surface area contributed by atoms with E-state index in [1.165, 1.54) is 0 Å². The van der Waals surface area contributed by atoms with Crippen molar-refractivity contribution < 1.29 is 19.5 Å². The first-order valence-electron chi connectivity index (χ1n) is 10.7. The number of hydrogen-bond acceptors (Lipinski definition) is 6. The number of amides is 1. The number of carbonyl (C=O) groups is 3. The number of rotatable bonds is 7. The minimum Gasteiger partial charge on any atom is -0.481 e. The lowest BCUT2D eigenvalue weighted by molar-refractivity contribution is -0.137. The smallest absolute Gasteiger partial charge is 0.303 e. The fourth-order valence-electron chi connectivity index (χ4n) is 3.97. The molecule has 31 heavy (non-hydrogen) atoms. The Morgan fingerprint density at radius 1 is 1.13 bits per heavy atom. The van der Waals surface area contributed by atoms with Crippen molar-refractivity contribution in [1.82, 2.24) is 15.2 Å². The molecule has 3 rings (SSSR count). The fourth-order valence-corrected chi connectivity index (χ4v) is 3.97. The number of carboxylic acid groups (broad SMARTS) is 1. The standard InChI is InChI=1S/C23H28N4O4/c1-14-19-12-16(15(2)28)6-3-4-7-18(19)23(27-26-14)20-11-10-17(13-24-20)25-21(29)8-5-9-22(30)31/h10-11,13,16H,3-9,12H2,1-2H3,(H,25,29)(H,30,31). The molecule has 1 aliphatic carbocycles. The van der Waals surface area contributed by atoms with Crippen LogP contribution in [-0.4, -0.2) is 37.9 Å². The first-order chi connectivity index (χ1) is 14.8. The van der Waals surface area contributed by atoms with Gasteiger partial charge in [0, 0.05) is 18.8 Å². The van der Waals surface area contributed by atoms with E-state index in [-0.39, 0.29) is 30.4 Å². The van der Waals surface area contributed by atoms with Gasteiger partial charge in [0.05, 0.1) is 23.3 Å². The molecule has 0 radical (unpaired) electrons. The van der Waals surface area contributed by atoms with Crippen molar-refractivity contribution in [2.45, 2.75) is 65.2 Å². The first-order valence-corrected chi connectivity index (χ1v) is 10.7. The molecule has 0 aromatic carbocycles. The SMILES string of the molecule is CC(=O)C1CCCCc2c(-c3ccc(NC(=O)CCCC(=O)O)cn3)nnc(C)c2C1. The van der Waals surface area contributed by atoms with Gasteiger partial charge in [0.2, 0.25) is 5.91 Å². The number of aryl methyl sites for hydroxylation is 1. The number of carboxylic acids is 1. The molecule has 1 amide bonds. The number of hydrogen-bond donors (Lipinski definition) is 2. The molecule has 2 aromatic heterocycles. The van der Waals surface area contributed by atoms with Gasteiger partial charge in [0.15, 0.2) is 0 Å². The van der Waals surface area contributed by atoms with Crippen LogP contribution in [0.2, 0.25) is 0 Å². The van der Waals surface area contributed by atoms with Crippen molar-refractivity contribution >= 4 is 23.3 Å². The van der Waals surface area contributed by atoms with Gasteiger partial charge >= 0.3 is 5.97 Å². The van der Waals surface area contributed by atoms with E-state index in [1.54, 1.807) is 25.3 Å². The Labute approximate surface area is 181 Å². The maximum atomic E-state index is 12.1. The van der Waals surface area contributed by atoms with E-state index in [4.69, 9.17) is 5.11 Å². The van der Waals surface area contributed by atoms with Gasteiger partial charge < -0.3 is 10.4 Å². The van der Waals surface area contributed by atoms with Gasteiger partial charge in [-0.15, -0.1) is 5.10 Å². The quantitative estimate of drug-likeness (QED) is 0.697. The Balaban J connectivity index is 1.79. The number of pyridine rings is 1. The minimum atomic E-state index is -0.914. The third-order valence-electron chi connectivity index (χ3n) is 5.73. The normalized spacial score (nSPS) is 16.0. The summed E-state index contributed by atoms with van der Waals surface area (Å²) in [5.41, 5.74) is 5.01. The number of nitrogens with zero attached hydrogens (tertiary/aromatic N) is 3. The second-order valence-corrected chi connectivity index (χ2v) is 8.08. The number of carbonyl (C=O) groups excluding carboxylic acids is 2. The Bertz CT molecular complexity index is 972. The summed E-state index contributed by atoms with van der Waals surface area (Å²) in [6, 6.07) is 3.56. The van der Waals surface area contributed by atoms with Crippen LogP contribution in [0.15, 0.2) is 18.3 Å². The average Bonchev–Trinajstić information content (AvgIpc) is 2.69. The molecule has 2 heterocycles. The molecule has 1 aliphatic rings. The van der Waals surface area contributed by atoms with Crippen LogP contribution in [0.5, 0.6) is 0 Å². The molecule has 1 atom stereocenters. The Kier molecular flexibility index (Phi) is 7.44. The van der Waals surface area contributed by atoms with Gasteiger partial charge in [-0.1, -0.05) is 6.42 Å². The highest BCUT2D eigenvalue weighted by Crippen LogP contribution is 2.31. The molecular weight excluding hydrogens is 396 g/mol. The number of nitrogens with one attached hydrogen (secondary N) is 1. The highest BCUT2D eigenvalue weighted by atomic mass is 16.4. The molecule has 8 nitrogen and oxygen atoms in total. The fraction of sp³-hybridized carbons (Fsp3) is 0.478. The summed E-state index contributed by atoms with van der Waals surface area (Å²) >= 11 is 0. The molecule has 164 valence electrons. The van der Waals surface area contributed by atoms with Crippen LogP contribution in [0.3, 0.4) is 0 Å². The number of aromatic nitrogens is 3. The second kappa shape index (κ2) is 10.2. The topological polar surface area (TPSA) is 122 Å². The number of anilines is 1. The maximum Gasteiger partial charge on any atom is 0.303 e. The predicted molar refractivity (Wildman–Crippen MR) is 116 cm³/mol. The molecule has 0 aliphatic heterocycles. The lowest BCUT2D eigenvalue weighted by atomic mass is 9.83. The number of aliphatic carboxylic acids is 1. The second-order valence-electron chi connectivity index (χ2n) is 8.08. The van der Waals surface area contributed by atoms with Crippen molar-refractivity contribution in [2.75, 3.05) is 5.32 Å². The van der Waals surface area contributed by atoms with E-state index in [2.05, 4.69) is 20.5 Å². The van der Waals surface area contributed by atoms with Crippen molar-refractivity contribution in [3.63, 3.8) is 0 Å². The Morgan fingerprint density at radius 3 is 2.61 bits per heavy atom. The zero-order chi connectivity index (χ0) is 22.4. The summed E-state index contributed by atoms with van der Waals surface area (Å²) in [4.78, 5) is 39.0. The van der Waals surface area contributed by atoms with E-state index in [0.717, 1.165) is 48.2 Å². The van der Waals surface area contributed by atoms with E-state index in [1.807, 2.05) is 6.92 Å². The number of ketones is 1. The molecule has 0 bridgehead atoms. The molecule has 2 N–H and O–H groups in total. The van der Waals surface area contributed by atoms with Gasteiger partial charge in [0.1, 0.15) is 11.5 Å². The van der Waals surface area contributed by atoms with E-state index >= 15 is 0 Å². The molecule has 2 aromatic rings. The summed E-state index contributed by atoms with van der Waals surface area (Å²) in [5, 5.41) is 20.1. The van der Waals surface area contributed by atoms with Crippen LogP contribution in [0, 0.1) is 12.8 Å². The van der Waals surface area contributed by atoms with Crippen LogP contribution in [-0.2, 0) is 27.2 Å². The molecule has 0 saturated heterocycles. The molecule has 0 saturated carbocycles. The van der Waals surface area contributed by atoms with Gasteiger partial charge in [-0.2, -0.15) is 5.10 Å². The molecule has 0 fully saturated rings. The van der Waals surface area contributed by atoms with Crippen LogP contribution in [0.4, 0.5) is 5.69 Å². The summed E-state index contributed by atoms with van der Waals surface area (Å²) in [7, 11) is 0. The molecule has 8 heteroatoms. The van der Waals surface area contributed by atoms with E-state index < -0.39 is 5.97 Å². The minimum absolute atomic E-state index is 0.0153. The van der Waals surface area contributed by atoms with E-state index in [9.17, 15) is 14.4 Å². The summed E-state index contributed by atoms with van der Waals surface area (Å²) < 4.78 is 0. The molecule has 0 spiro atoms. The van der Waals surface area contributed by atoms with Crippen molar-refractivity contribution in [2.24, 2.45) is 5.92 Å². The zero-order valence-electron chi connectivity index (χ0n) is 18.0. The zero-order valence-corrected chi connectivity index (χ0v) is 18.0. The van der Waals surface area contributed by atoms with Gasteiger partial charge in [-0.3, -0.25) is 19.4 Å². The van der Waals surface area contributed by atoms with Crippen LogP contribution in [0.1, 0.15) is 62.3 Å². The number of Topliss-reactive ketones (excluding diaryl/α,β-unsaturated/α-hetero) is 1. The lowest BCUT2D eigenvalue weighted by Gasteiger charge is -2.22. The largest absolute Gasteiger partial charge is 0.481 e. The highest BCUT2D eigenvalue weighted by molar-refractivity contribution is 5.90.